The number of carbonyl (C=O) groups excluding carboxylic acids is 2. The topological polar surface area (TPSA) is 59.1 Å². The van der Waals surface area contributed by atoms with Gasteiger partial charge in [-0.25, -0.2) is 0 Å². The van der Waals surface area contributed by atoms with E-state index >= 15 is 0 Å². The first-order chi connectivity index (χ1) is 16.6. The van der Waals surface area contributed by atoms with Crippen LogP contribution in [-0.4, -0.2) is 49.8 Å². The fourth-order valence-corrected chi connectivity index (χ4v) is 6.51. The molecule has 0 aliphatic carbocycles. The third-order valence-corrected chi connectivity index (χ3v) is 8.34. The molecule has 5 rings (SSSR count). The molecule has 1 aromatic heterocycles. The molecule has 0 bridgehead atoms. The maximum Gasteiger partial charge on any atom is 0.237 e. The van der Waals surface area contributed by atoms with E-state index in [9.17, 15) is 9.59 Å². The summed E-state index contributed by atoms with van der Waals surface area (Å²) in [5.41, 5.74) is 3.12. The lowest BCUT2D eigenvalue weighted by Gasteiger charge is -2.38. The van der Waals surface area contributed by atoms with Gasteiger partial charge in [-0.1, -0.05) is 18.2 Å². The molecule has 0 saturated heterocycles. The summed E-state index contributed by atoms with van der Waals surface area (Å²) in [7, 11) is 3.26. The maximum atomic E-state index is 13.6. The molecule has 0 radical (unpaired) electrons. The lowest BCUT2D eigenvalue weighted by atomic mass is 9.90. The van der Waals surface area contributed by atoms with E-state index in [-0.39, 0.29) is 24.3 Å². The van der Waals surface area contributed by atoms with Crippen molar-refractivity contribution in [3.8, 4) is 11.5 Å². The molecule has 2 aliphatic heterocycles. The molecule has 2 aromatic carbocycles. The number of methoxy groups -OCH3 is 2. The van der Waals surface area contributed by atoms with Gasteiger partial charge in [-0.15, -0.1) is 23.1 Å². The van der Waals surface area contributed by atoms with Gasteiger partial charge in [0.05, 0.1) is 31.7 Å². The number of carbonyl (C=O) groups is 2. The Morgan fingerprint density at radius 2 is 1.88 bits per heavy atom. The second kappa shape index (κ2) is 9.72. The van der Waals surface area contributed by atoms with E-state index in [1.54, 1.807) is 42.2 Å². The molecule has 3 heterocycles. The number of thioether (sulfide) groups is 1. The Bertz CT molecular complexity index is 1210. The van der Waals surface area contributed by atoms with Crippen LogP contribution in [0.5, 0.6) is 11.5 Å². The molecule has 2 amide bonds. The van der Waals surface area contributed by atoms with Crippen LogP contribution < -0.4 is 14.4 Å². The van der Waals surface area contributed by atoms with Crippen LogP contribution in [0, 0.1) is 0 Å². The quantitative estimate of drug-likeness (QED) is 0.494. The summed E-state index contributed by atoms with van der Waals surface area (Å²) < 4.78 is 11.1. The molecule has 176 valence electrons. The zero-order valence-corrected chi connectivity index (χ0v) is 20.8. The molecular weight excluding hydrogens is 468 g/mol. The minimum Gasteiger partial charge on any atom is -0.493 e. The molecular formula is C26H26N2O4S2. The van der Waals surface area contributed by atoms with Gasteiger partial charge in [-0.3, -0.25) is 9.59 Å². The number of hydrogen-bond donors (Lipinski definition) is 0. The summed E-state index contributed by atoms with van der Waals surface area (Å²) >= 11 is 3.19. The predicted molar refractivity (Wildman–Crippen MR) is 135 cm³/mol. The van der Waals surface area contributed by atoms with E-state index < -0.39 is 0 Å². The Kier molecular flexibility index (Phi) is 6.52. The smallest absolute Gasteiger partial charge is 0.237 e. The normalized spacial score (nSPS) is 17.2. The first-order valence-corrected chi connectivity index (χ1v) is 13.1. The Morgan fingerprint density at radius 1 is 1.09 bits per heavy atom. The van der Waals surface area contributed by atoms with Crippen molar-refractivity contribution >= 4 is 40.6 Å². The van der Waals surface area contributed by atoms with Crippen molar-refractivity contribution < 1.29 is 19.1 Å². The van der Waals surface area contributed by atoms with Gasteiger partial charge in [0.2, 0.25) is 11.8 Å². The standard InChI is InChI=1S/C26H26N2O4S2/c1-31-20-14-17-9-11-28(26(23-8-5-13-33-23)18(17)15-21(20)32-2)24(29)10-12-27-19-6-3-4-7-22(19)34-16-25(27)30/h3-8,13-15,26H,9-12,16H2,1-2H3. The molecule has 6 nitrogen and oxygen atoms in total. The van der Waals surface area contributed by atoms with Crippen LogP contribution in [0.3, 0.4) is 0 Å². The Hall–Kier alpha value is -2.97. The zero-order valence-electron chi connectivity index (χ0n) is 19.2. The number of nitrogens with zero attached hydrogens (tertiary/aromatic N) is 2. The van der Waals surface area contributed by atoms with Crippen LogP contribution in [0.4, 0.5) is 5.69 Å². The van der Waals surface area contributed by atoms with Gasteiger partial charge in [0.15, 0.2) is 11.5 Å². The van der Waals surface area contributed by atoms with Crippen molar-refractivity contribution in [2.45, 2.75) is 23.8 Å². The minimum atomic E-state index is -0.184. The van der Waals surface area contributed by atoms with Crippen LogP contribution in [0.25, 0.3) is 0 Å². The first kappa shape index (κ1) is 22.8. The van der Waals surface area contributed by atoms with E-state index in [1.165, 1.54) is 0 Å². The van der Waals surface area contributed by atoms with Crippen LogP contribution in [0.2, 0.25) is 0 Å². The Balaban J connectivity index is 1.42. The SMILES string of the molecule is COc1cc2c(cc1OC)C(c1cccs1)N(C(=O)CCN1C(=O)CSc3ccccc31)CC2. The van der Waals surface area contributed by atoms with E-state index in [4.69, 9.17) is 9.47 Å². The fraction of sp³-hybridized carbons (Fsp3) is 0.308. The summed E-state index contributed by atoms with van der Waals surface area (Å²) in [5.74, 6) is 1.85. The van der Waals surface area contributed by atoms with E-state index in [1.807, 2.05) is 52.7 Å². The number of thiophene rings is 1. The van der Waals surface area contributed by atoms with Gasteiger partial charge in [0.1, 0.15) is 0 Å². The van der Waals surface area contributed by atoms with Crippen LogP contribution in [-0.2, 0) is 16.0 Å². The van der Waals surface area contributed by atoms with Gasteiger partial charge in [-0.2, -0.15) is 0 Å². The third-order valence-electron chi connectivity index (χ3n) is 6.36. The number of ether oxygens (including phenoxy) is 2. The predicted octanol–water partition coefficient (Wildman–Crippen LogP) is 4.77. The highest BCUT2D eigenvalue weighted by Gasteiger charge is 2.34. The molecule has 0 spiro atoms. The number of hydrogen-bond acceptors (Lipinski definition) is 6. The van der Waals surface area contributed by atoms with Crippen molar-refractivity contribution in [1.82, 2.24) is 4.90 Å². The number of para-hydroxylation sites is 1. The van der Waals surface area contributed by atoms with E-state index in [0.717, 1.165) is 33.0 Å². The summed E-state index contributed by atoms with van der Waals surface area (Å²) in [6.45, 7) is 0.992. The van der Waals surface area contributed by atoms with Crippen molar-refractivity contribution in [2.75, 3.05) is 38.0 Å². The van der Waals surface area contributed by atoms with E-state index in [2.05, 4.69) is 6.07 Å². The van der Waals surface area contributed by atoms with Gasteiger partial charge >= 0.3 is 0 Å². The van der Waals surface area contributed by atoms with Gasteiger partial charge < -0.3 is 19.3 Å². The monoisotopic (exact) mass is 494 g/mol. The molecule has 0 N–H and O–H groups in total. The summed E-state index contributed by atoms with van der Waals surface area (Å²) in [6.07, 6.45) is 1.01. The molecule has 34 heavy (non-hydrogen) atoms. The molecule has 3 aromatic rings. The highest BCUT2D eigenvalue weighted by Crippen LogP contribution is 2.42. The average Bonchev–Trinajstić information content (AvgIpc) is 3.41. The number of amides is 2. The van der Waals surface area contributed by atoms with Crippen LogP contribution in [0.15, 0.2) is 58.8 Å². The largest absolute Gasteiger partial charge is 0.493 e. The average molecular weight is 495 g/mol. The second-order valence-corrected chi connectivity index (χ2v) is 10.2. The number of fused-ring (bicyclic) bond motifs is 2. The summed E-state index contributed by atoms with van der Waals surface area (Å²) in [4.78, 5) is 32.1. The van der Waals surface area contributed by atoms with Crippen LogP contribution in [0.1, 0.15) is 28.5 Å². The van der Waals surface area contributed by atoms with Crippen molar-refractivity contribution in [1.29, 1.82) is 0 Å². The minimum absolute atomic E-state index is 0.0438. The van der Waals surface area contributed by atoms with Crippen molar-refractivity contribution in [3.63, 3.8) is 0 Å². The highest BCUT2D eigenvalue weighted by atomic mass is 32.2. The molecule has 8 heteroatoms. The highest BCUT2D eigenvalue weighted by molar-refractivity contribution is 8.00. The molecule has 0 fully saturated rings. The van der Waals surface area contributed by atoms with Gasteiger partial charge in [0.25, 0.3) is 0 Å². The van der Waals surface area contributed by atoms with E-state index in [0.29, 0.717) is 30.3 Å². The van der Waals surface area contributed by atoms with Crippen molar-refractivity contribution in [3.05, 3.63) is 69.9 Å². The van der Waals surface area contributed by atoms with Crippen LogP contribution >= 0.6 is 23.1 Å². The lowest BCUT2D eigenvalue weighted by molar-refractivity contribution is -0.133. The third kappa shape index (κ3) is 4.16. The summed E-state index contributed by atoms with van der Waals surface area (Å²) in [6, 6.07) is 15.8. The van der Waals surface area contributed by atoms with Crippen molar-refractivity contribution in [2.24, 2.45) is 0 Å². The molecule has 2 aliphatic rings. The maximum absolute atomic E-state index is 13.6. The number of rotatable bonds is 6. The molecule has 1 unspecified atom stereocenters. The molecule has 0 saturated carbocycles. The fourth-order valence-electron chi connectivity index (χ4n) is 4.72. The lowest BCUT2D eigenvalue weighted by Crippen LogP contribution is -2.43. The Morgan fingerprint density at radius 3 is 2.65 bits per heavy atom. The number of benzene rings is 2. The zero-order chi connectivity index (χ0) is 23.7. The Labute approximate surface area is 207 Å². The molecule has 1 atom stereocenters. The summed E-state index contributed by atoms with van der Waals surface area (Å²) in [5, 5.41) is 2.04. The second-order valence-electron chi connectivity index (χ2n) is 8.21. The van der Waals surface area contributed by atoms with Gasteiger partial charge in [0, 0.05) is 29.3 Å². The number of anilines is 1. The van der Waals surface area contributed by atoms with Gasteiger partial charge in [-0.05, 0) is 53.3 Å². The first-order valence-electron chi connectivity index (χ1n) is 11.2.